The third-order valence-electron chi connectivity index (χ3n) is 3.46. The average molecular weight is 194 g/mol. The first-order valence-corrected chi connectivity index (χ1v) is 5.15. The Hall–Kier alpha value is -0.900. The van der Waals surface area contributed by atoms with E-state index in [1.807, 2.05) is 11.7 Å². The zero-order valence-corrected chi connectivity index (χ0v) is 9.12. The molecule has 0 fully saturated rings. The van der Waals surface area contributed by atoms with E-state index in [2.05, 4.69) is 24.2 Å². The van der Waals surface area contributed by atoms with Gasteiger partial charge in [-0.3, -0.25) is 4.68 Å². The third kappa shape index (κ3) is 1.25. The Morgan fingerprint density at radius 2 is 2.29 bits per heavy atom. The summed E-state index contributed by atoms with van der Waals surface area (Å²) in [6, 6.07) is 0. The molecule has 2 rings (SSSR count). The Kier molecular flexibility index (Phi) is 2.10. The van der Waals surface area contributed by atoms with Gasteiger partial charge < -0.3 is 5.73 Å². The normalized spacial score (nSPS) is 24.7. The first-order chi connectivity index (χ1) is 6.56. The molecule has 4 heteroatoms. The fraction of sp³-hybridized carbons (Fsp3) is 0.800. The molecule has 78 valence electrons. The Bertz CT molecular complexity index is 340. The number of aryl methyl sites for hydroxylation is 2. The van der Waals surface area contributed by atoms with Crippen LogP contribution in [0.1, 0.15) is 37.6 Å². The van der Waals surface area contributed by atoms with E-state index in [9.17, 15) is 0 Å². The van der Waals surface area contributed by atoms with Gasteiger partial charge in [0.15, 0.2) is 0 Å². The zero-order valence-electron chi connectivity index (χ0n) is 9.12. The first-order valence-electron chi connectivity index (χ1n) is 5.15. The van der Waals surface area contributed by atoms with Gasteiger partial charge >= 0.3 is 0 Å². The summed E-state index contributed by atoms with van der Waals surface area (Å²) < 4.78 is 1.88. The van der Waals surface area contributed by atoms with Crippen molar-refractivity contribution in [3.05, 3.63) is 11.4 Å². The molecule has 1 unspecified atom stereocenters. The lowest BCUT2D eigenvalue weighted by Crippen LogP contribution is -2.34. The minimum atomic E-state index is 0.275. The molecule has 0 aromatic carbocycles. The van der Waals surface area contributed by atoms with E-state index in [1.165, 1.54) is 5.69 Å². The molecule has 0 aliphatic heterocycles. The van der Waals surface area contributed by atoms with Crippen LogP contribution in [0.4, 0.5) is 0 Å². The number of fused-ring (bicyclic) bond motifs is 1. The standard InChI is InChI=1S/C10H18N4/c1-10(2)5-4-8-9(7(10)6-11)14(3)13-12-8/h7H,4-6,11H2,1-3H3. The van der Waals surface area contributed by atoms with Gasteiger partial charge in [0.05, 0.1) is 11.4 Å². The van der Waals surface area contributed by atoms with Crippen LogP contribution in [0.2, 0.25) is 0 Å². The van der Waals surface area contributed by atoms with Gasteiger partial charge in [-0.25, -0.2) is 0 Å². The van der Waals surface area contributed by atoms with Crippen molar-refractivity contribution >= 4 is 0 Å². The van der Waals surface area contributed by atoms with Crippen molar-refractivity contribution in [1.29, 1.82) is 0 Å². The molecule has 0 amide bonds. The Balaban J connectivity index is 2.48. The van der Waals surface area contributed by atoms with E-state index < -0.39 is 0 Å². The van der Waals surface area contributed by atoms with Crippen molar-refractivity contribution in [2.75, 3.05) is 6.54 Å². The highest BCUT2D eigenvalue weighted by Crippen LogP contribution is 2.43. The van der Waals surface area contributed by atoms with Gasteiger partial charge in [0.25, 0.3) is 0 Å². The van der Waals surface area contributed by atoms with E-state index in [0.717, 1.165) is 18.5 Å². The van der Waals surface area contributed by atoms with Gasteiger partial charge in [-0.05, 0) is 18.3 Å². The first kappa shape index (κ1) is 9.65. The second-order valence-electron chi connectivity index (χ2n) is 4.82. The molecule has 0 radical (unpaired) electrons. The fourth-order valence-electron chi connectivity index (χ4n) is 2.43. The van der Waals surface area contributed by atoms with Gasteiger partial charge in [-0.15, -0.1) is 5.10 Å². The minimum Gasteiger partial charge on any atom is -0.330 e. The van der Waals surface area contributed by atoms with Gasteiger partial charge in [0.2, 0.25) is 0 Å². The highest BCUT2D eigenvalue weighted by Gasteiger charge is 2.37. The number of nitrogens with two attached hydrogens (primary N) is 1. The van der Waals surface area contributed by atoms with Crippen LogP contribution in [-0.2, 0) is 13.5 Å². The number of nitrogens with zero attached hydrogens (tertiary/aromatic N) is 3. The lowest BCUT2D eigenvalue weighted by molar-refractivity contribution is 0.239. The summed E-state index contributed by atoms with van der Waals surface area (Å²) >= 11 is 0. The molecule has 1 aromatic rings. The highest BCUT2D eigenvalue weighted by molar-refractivity contribution is 5.23. The molecule has 1 aromatic heterocycles. The van der Waals surface area contributed by atoms with Crippen LogP contribution in [0.3, 0.4) is 0 Å². The smallest absolute Gasteiger partial charge is 0.0862 e. The Labute approximate surface area is 84.5 Å². The van der Waals surface area contributed by atoms with E-state index in [4.69, 9.17) is 5.73 Å². The topological polar surface area (TPSA) is 56.7 Å². The van der Waals surface area contributed by atoms with Gasteiger partial charge in [-0.1, -0.05) is 19.1 Å². The molecule has 0 saturated carbocycles. The predicted octanol–water partition coefficient (Wildman–Crippen LogP) is 0.830. The van der Waals surface area contributed by atoms with Crippen molar-refractivity contribution in [3.8, 4) is 0 Å². The van der Waals surface area contributed by atoms with Crippen LogP contribution in [0.15, 0.2) is 0 Å². The van der Waals surface area contributed by atoms with Gasteiger partial charge in [-0.2, -0.15) is 0 Å². The average Bonchev–Trinajstić information content (AvgIpc) is 2.47. The van der Waals surface area contributed by atoms with E-state index in [-0.39, 0.29) is 5.41 Å². The summed E-state index contributed by atoms with van der Waals surface area (Å²) in [5, 5.41) is 8.25. The van der Waals surface area contributed by atoms with Crippen LogP contribution in [0.5, 0.6) is 0 Å². The van der Waals surface area contributed by atoms with Crippen LogP contribution < -0.4 is 5.73 Å². The maximum atomic E-state index is 5.85. The van der Waals surface area contributed by atoms with Crippen LogP contribution in [-0.4, -0.2) is 21.5 Å². The molecule has 1 aliphatic rings. The summed E-state index contributed by atoms with van der Waals surface area (Å²) in [5.74, 6) is 0.395. The summed E-state index contributed by atoms with van der Waals surface area (Å²) in [5.41, 5.74) is 8.51. The molecule has 2 N–H and O–H groups in total. The minimum absolute atomic E-state index is 0.275. The molecular formula is C10H18N4. The van der Waals surface area contributed by atoms with Crippen molar-refractivity contribution < 1.29 is 0 Å². The second-order valence-corrected chi connectivity index (χ2v) is 4.82. The molecule has 14 heavy (non-hydrogen) atoms. The van der Waals surface area contributed by atoms with Crippen molar-refractivity contribution in [1.82, 2.24) is 15.0 Å². The maximum absolute atomic E-state index is 5.85. The largest absolute Gasteiger partial charge is 0.330 e. The van der Waals surface area contributed by atoms with Crippen molar-refractivity contribution in [3.63, 3.8) is 0 Å². The lowest BCUT2D eigenvalue weighted by Gasteiger charge is -2.37. The van der Waals surface area contributed by atoms with Gasteiger partial charge in [0, 0.05) is 19.5 Å². The molecule has 0 saturated heterocycles. The van der Waals surface area contributed by atoms with E-state index in [1.54, 1.807) is 0 Å². The Morgan fingerprint density at radius 3 is 2.93 bits per heavy atom. The molecule has 1 heterocycles. The monoisotopic (exact) mass is 194 g/mol. The Morgan fingerprint density at radius 1 is 1.57 bits per heavy atom. The summed E-state index contributed by atoms with van der Waals surface area (Å²) in [6.07, 6.45) is 2.19. The molecule has 1 aliphatic carbocycles. The number of hydrogen-bond donors (Lipinski definition) is 1. The number of hydrogen-bond acceptors (Lipinski definition) is 3. The second kappa shape index (κ2) is 3.05. The highest BCUT2D eigenvalue weighted by atomic mass is 15.4. The molecule has 0 bridgehead atoms. The quantitative estimate of drug-likeness (QED) is 0.720. The number of aromatic nitrogens is 3. The van der Waals surface area contributed by atoms with Crippen LogP contribution >= 0.6 is 0 Å². The van der Waals surface area contributed by atoms with Gasteiger partial charge in [0.1, 0.15) is 0 Å². The van der Waals surface area contributed by atoms with E-state index >= 15 is 0 Å². The zero-order chi connectivity index (χ0) is 10.3. The van der Waals surface area contributed by atoms with Crippen molar-refractivity contribution in [2.45, 2.75) is 32.6 Å². The predicted molar refractivity (Wildman–Crippen MR) is 54.9 cm³/mol. The SMILES string of the molecule is Cn1nnc2c1C(CN)C(C)(C)CC2. The maximum Gasteiger partial charge on any atom is 0.0862 e. The summed E-state index contributed by atoms with van der Waals surface area (Å²) in [7, 11) is 1.95. The summed E-state index contributed by atoms with van der Waals surface area (Å²) in [6.45, 7) is 5.24. The molecule has 0 spiro atoms. The van der Waals surface area contributed by atoms with E-state index in [0.29, 0.717) is 12.5 Å². The van der Waals surface area contributed by atoms with Crippen molar-refractivity contribution in [2.24, 2.45) is 18.2 Å². The third-order valence-corrected chi connectivity index (χ3v) is 3.46. The summed E-state index contributed by atoms with van der Waals surface area (Å²) in [4.78, 5) is 0. The molecular weight excluding hydrogens is 176 g/mol. The fourth-order valence-corrected chi connectivity index (χ4v) is 2.43. The molecule has 4 nitrogen and oxygen atoms in total. The van der Waals surface area contributed by atoms with Crippen LogP contribution in [0, 0.1) is 5.41 Å². The van der Waals surface area contributed by atoms with Crippen LogP contribution in [0.25, 0.3) is 0 Å². The molecule has 1 atom stereocenters. The number of rotatable bonds is 1. The lowest BCUT2D eigenvalue weighted by atomic mass is 9.69.